The maximum Gasteiger partial charge on any atom is 0.234 e. The quantitative estimate of drug-likeness (QED) is 0.807. The maximum absolute atomic E-state index is 13.4. The highest BCUT2D eigenvalue weighted by Crippen LogP contribution is 2.36. The zero-order valence-corrected chi connectivity index (χ0v) is 15.7. The average molecular weight is 361 g/mol. The molecule has 0 aliphatic carbocycles. The summed E-state index contributed by atoms with van der Waals surface area (Å²) >= 11 is 1.53. The van der Waals surface area contributed by atoms with E-state index in [-0.39, 0.29) is 17.9 Å². The molecule has 1 saturated heterocycles. The Morgan fingerprint density at radius 1 is 1.24 bits per heavy atom. The van der Waals surface area contributed by atoms with E-state index in [0.29, 0.717) is 5.69 Å². The highest BCUT2D eigenvalue weighted by molar-refractivity contribution is 7.07. The van der Waals surface area contributed by atoms with Crippen LogP contribution in [0.4, 0.5) is 10.1 Å². The van der Waals surface area contributed by atoms with E-state index >= 15 is 0 Å². The van der Waals surface area contributed by atoms with Gasteiger partial charge in [0, 0.05) is 29.6 Å². The molecule has 1 fully saturated rings. The first kappa shape index (κ1) is 18.0. The Hall–Kier alpha value is -1.79. The molecule has 3 rings (SSSR count). The van der Waals surface area contributed by atoms with E-state index < -0.39 is 5.41 Å². The number of anilines is 1. The summed E-state index contributed by atoms with van der Waals surface area (Å²) in [5.41, 5.74) is 2.81. The number of halogens is 1. The highest BCUT2D eigenvalue weighted by atomic mass is 32.1. The first-order chi connectivity index (χ1) is 11.9. The van der Waals surface area contributed by atoms with Crippen molar-refractivity contribution < 1.29 is 9.18 Å². The minimum atomic E-state index is -0.553. The molecule has 25 heavy (non-hydrogen) atoms. The summed E-state index contributed by atoms with van der Waals surface area (Å²) in [5.74, 6) is -0.303. The minimum Gasteiger partial charge on any atom is -0.290 e. The second-order valence-corrected chi connectivity index (χ2v) is 8.15. The lowest BCUT2D eigenvalue weighted by Gasteiger charge is -2.39. The number of hydrogen-bond donors (Lipinski definition) is 0. The van der Waals surface area contributed by atoms with E-state index in [9.17, 15) is 9.18 Å². The van der Waals surface area contributed by atoms with Crippen LogP contribution in [0.15, 0.2) is 35.2 Å². The van der Waals surface area contributed by atoms with Crippen molar-refractivity contribution in [2.75, 3.05) is 18.0 Å². The fourth-order valence-electron chi connectivity index (χ4n) is 3.15. The van der Waals surface area contributed by atoms with Crippen molar-refractivity contribution in [3.63, 3.8) is 0 Å². The van der Waals surface area contributed by atoms with E-state index in [1.165, 1.54) is 23.5 Å². The molecule has 0 radical (unpaired) electrons. The normalized spacial score (nSPS) is 16.8. The summed E-state index contributed by atoms with van der Waals surface area (Å²) in [6.07, 6.45) is 1.97. The van der Waals surface area contributed by atoms with Crippen LogP contribution in [0, 0.1) is 11.2 Å². The number of carbonyl (C=O) groups is 1. The van der Waals surface area contributed by atoms with Crippen molar-refractivity contribution in [1.29, 1.82) is 0 Å². The van der Waals surface area contributed by atoms with E-state index in [1.807, 2.05) is 26.2 Å². The summed E-state index contributed by atoms with van der Waals surface area (Å²) in [6, 6.07) is 6.16. The first-order valence-electron chi connectivity index (χ1n) is 8.59. The Kier molecular flexibility index (Phi) is 5.20. The fourth-order valence-corrected chi connectivity index (χ4v) is 3.72. The summed E-state index contributed by atoms with van der Waals surface area (Å²) in [6.45, 7) is 7.59. The molecular weight excluding hydrogens is 337 g/mol. The van der Waals surface area contributed by atoms with E-state index in [0.717, 1.165) is 31.6 Å². The standard InChI is InChI=1S/C19H24FN3OS/c1-19(2,3)18(24)23(15-8-6-14(20)7-9-15)17(16-12-25-13-21-16)22-10-4-5-11-22/h6-9,12-13,17H,4-5,10-11H2,1-3H3. The van der Waals surface area contributed by atoms with Crippen LogP contribution in [0.2, 0.25) is 0 Å². The van der Waals surface area contributed by atoms with Gasteiger partial charge in [0.25, 0.3) is 0 Å². The van der Waals surface area contributed by atoms with Crippen molar-refractivity contribution in [3.8, 4) is 0 Å². The highest BCUT2D eigenvalue weighted by Gasteiger charge is 2.38. The second-order valence-electron chi connectivity index (χ2n) is 7.43. The van der Waals surface area contributed by atoms with Crippen LogP contribution < -0.4 is 4.90 Å². The SMILES string of the molecule is CC(C)(C)C(=O)N(c1ccc(F)cc1)C(c1cscn1)N1CCCC1. The Balaban J connectivity index is 2.09. The molecule has 0 saturated carbocycles. The number of likely N-dealkylation sites (tertiary alicyclic amines) is 1. The van der Waals surface area contributed by atoms with Gasteiger partial charge in [-0.15, -0.1) is 11.3 Å². The Morgan fingerprint density at radius 2 is 1.88 bits per heavy atom. The second kappa shape index (κ2) is 7.22. The van der Waals surface area contributed by atoms with Crippen LogP contribution in [-0.4, -0.2) is 28.9 Å². The van der Waals surface area contributed by atoms with Crippen molar-refractivity contribution in [1.82, 2.24) is 9.88 Å². The minimum absolute atomic E-state index is 0.00371. The van der Waals surface area contributed by atoms with Crippen molar-refractivity contribution in [2.45, 2.75) is 39.8 Å². The molecular formula is C19H24FN3OS. The lowest BCUT2D eigenvalue weighted by Crippen LogP contribution is -2.48. The summed E-state index contributed by atoms with van der Waals surface area (Å²) in [4.78, 5) is 21.9. The van der Waals surface area contributed by atoms with Gasteiger partial charge in [0.2, 0.25) is 5.91 Å². The fraction of sp³-hybridized carbons (Fsp3) is 0.474. The number of aromatic nitrogens is 1. The molecule has 134 valence electrons. The number of hydrogen-bond acceptors (Lipinski definition) is 4. The number of benzene rings is 1. The van der Waals surface area contributed by atoms with Gasteiger partial charge in [0.1, 0.15) is 12.0 Å². The van der Waals surface area contributed by atoms with Gasteiger partial charge in [-0.25, -0.2) is 9.37 Å². The zero-order valence-electron chi connectivity index (χ0n) is 14.9. The Labute approximate surface area is 152 Å². The van der Waals surface area contributed by atoms with E-state index in [1.54, 1.807) is 22.5 Å². The number of carbonyl (C=O) groups excluding carboxylic acids is 1. The molecule has 1 unspecified atom stereocenters. The molecule has 0 bridgehead atoms. The number of thiazole rings is 1. The van der Waals surface area contributed by atoms with E-state index in [2.05, 4.69) is 9.88 Å². The van der Waals surface area contributed by atoms with Crippen LogP contribution in [0.3, 0.4) is 0 Å². The molecule has 1 atom stereocenters. The molecule has 4 nitrogen and oxygen atoms in total. The number of nitrogens with zero attached hydrogens (tertiary/aromatic N) is 3. The largest absolute Gasteiger partial charge is 0.290 e. The van der Waals surface area contributed by atoms with Gasteiger partial charge in [0.05, 0.1) is 11.2 Å². The van der Waals surface area contributed by atoms with Crippen LogP contribution in [0.1, 0.15) is 45.5 Å². The predicted molar refractivity (Wildman–Crippen MR) is 99.0 cm³/mol. The Bertz CT molecular complexity index is 703. The van der Waals surface area contributed by atoms with Gasteiger partial charge in [-0.2, -0.15) is 0 Å². The average Bonchev–Trinajstić information content (AvgIpc) is 3.26. The topological polar surface area (TPSA) is 36.4 Å². The van der Waals surface area contributed by atoms with Crippen LogP contribution in [0.5, 0.6) is 0 Å². The molecule has 2 aromatic rings. The zero-order chi connectivity index (χ0) is 18.0. The molecule has 0 N–H and O–H groups in total. The molecule has 0 spiro atoms. The van der Waals surface area contributed by atoms with Gasteiger partial charge in [-0.05, 0) is 37.1 Å². The lowest BCUT2D eigenvalue weighted by atomic mass is 9.93. The van der Waals surface area contributed by atoms with Gasteiger partial charge in [-0.3, -0.25) is 14.6 Å². The summed E-state index contributed by atoms with van der Waals surface area (Å²) < 4.78 is 13.4. The number of rotatable bonds is 4. The van der Waals surface area contributed by atoms with Crippen LogP contribution >= 0.6 is 11.3 Å². The summed E-state index contributed by atoms with van der Waals surface area (Å²) in [7, 11) is 0. The van der Waals surface area contributed by atoms with E-state index in [4.69, 9.17) is 0 Å². The smallest absolute Gasteiger partial charge is 0.234 e. The molecule has 1 aromatic carbocycles. The third kappa shape index (κ3) is 3.90. The third-order valence-corrected chi connectivity index (χ3v) is 5.02. The van der Waals surface area contributed by atoms with Crippen molar-refractivity contribution >= 4 is 22.9 Å². The maximum atomic E-state index is 13.4. The van der Waals surface area contributed by atoms with Gasteiger partial charge in [-0.1, -0.05) is 20.8 Å². The Morgan fingerprint density at radius 3 is 2.40 bits per heavy atom. The molecule has 2 heterocycles. The first-order valence-corrected chi connectivity index (χ1v) is 9.53. The molecule has 6 heteroatoms. The van der Waals surface area contributed by atoms with Gasteiger partial charge in [0.15, 0.2) is 0 Å². The predicted octanol–water partition coefficient (Wildman–Crippen LogP) is 4.46. The molecule has 1 amide bonds. The van der Waals surface area contributed by atoms with Gasteiger partial charge < -0.3 is 0 Å². The number of amides is 1. The van der Waals surface area contributed by atoms with Crippen LogP contribution in [0.25, 0.3) is 0 Å². The third-order valence-electron chi connectivity index (χ3n) is 4.41. The van der Waals surface area contributed by atoms with Crippen molar-refractivity contribution in [3.05, 3.63) is 46.7 Å². The molecule has 1 aliphatic rings. The summed E-state index contributed by atoms with van der Waals surface area (Å²) in [5, 5.41) is 2.00. The molecule has 1 aliphatic heterocycles. The monoisotopic (exact) mass is 361 g/mol. The van der Waals surface area contributed by atoms with Gasteiger partial charge >= 0.3 is 0 Å². The lowest BCUT2D eigenvalue weighted by molar-refractivity contribution is -0.127. The molecule has 1 aromatic heterocycles. The van der Waals surface area contributed by atoms with Crippen LogP contribution in [-0.2, 0) is 4.79 Å². The van der Waals surface area contributed by atoms with Crippen molar-refractivity contribution in [2.24, 2.45) is 5.41 Å².